The van der Waals surface area contributed by atoms with Gasteiger partial charge in [0.05, 0.1) is 0 Å². The maximum atomic E-state index is 9.62. The number of phenolic OH excluding ortho intramolecular Hbond substituents is 1. The lowest BCUT2D eigenvalue weighted by Gasteiger charge is -2.06. The SMILES string of the molecule is CCCCCCc1c(O)cccc1Br. The molecular weight excluding hydrogens is 240 g/mol. The van der Waals surface area contributed by atoms with Crippen LogP contribution in [0.1, 0.15) is 38.2 Å². The van der Waals surface area contributed by atoms with Gasteiger partial charge in [-0.05, 0) is 25.0 Å². The number of unbranched alkanes of at least 4 members (excludes halogenated alkanes) is 3. The molecule has 0 aliphatic heterocycles. The summed E-state index contributed by atoms with van der Waals surface area (Å²) in [7, 11) is 0. The van der Waals surface area contributed by atoms with Crippen molar-refractivity contribution < 1.29 is 5.11 Å². The minimum Gasteiger partial charge on any atom is -0.508 e. The summed E-state index contributed by atoms with van der Waals surface area (Å²) < 4.78 is 1.02. The van der Waals surface area contributed by atoms with Crippen LogP contribution in [0.15, 0.2) is 22.7 Å². The van der Waals surface area contributed by atoms with Gasteiger partial charge in [0.1, 0.15) is 5.75 Å². The molecule has 1 nitrogen and oxygen atoms in total. The van der Waals surface area contributed by atoms with Crippen LogP contribution >= 0.6 is 15.9 Å². The first-order chi connectivity index (χ1) is 6.75. The summed E-state index contributed by atoms with van der Waals surface area (Å²) in [6, 6.07) is 5.59. The zero-order valence-corrected chi connectivity index (χ0v) is 10.2. The van der Waals surface area contributed by atoms with Crippen molar-refractivity contribution in [1.29, 1.82) is 0 Å². The first-order valence-electron chi connectivity index (χ1n) is 5.22. The molecule has 0 unspecified atom stereocenters. The Morgan fingerprint density at radius 2 is 2.00 bits per heavy atom. The molecule has 14 heavy (non-hydrogen) atoms. The molecule has 0 amide bonds. The summed E-state index contributed by atoms with van der Waals surface area (Å²) >= 11 is 3.46. The Morgan fingerprint density at radius 1 is 1.21 bits per heavy atom. The first-order valence-corrected chi connectivity index (χ1v) is 6.01. The number of aromatic hydroxyl groups is 1. The van der Waals surface area contributed by atoms with E-state index in [4.69, 9.17) is 0 Å². The smallest absolute Gasteiger partial charge is 0.119 e. The van der Waals surface area contributed by atoms with Gasteiger partial charge in [-0.3, -0.25) is 0 Å². The molecule has 1 aromatic rings. The minimum absolute atomic E-state index is 0.413. The highest BCUT2D eigenvalue weighted by molar-refractivity contribution is 9.10. The zero-order valence-electron chi connectivity index (χ0n) is 8.59. The molecule has 78 valence electrons. The van der Waals surface area contributed by atoms with E-state index in [0.717, 1.165) is 22.9 Å². The van der Waals surface area contributed by atoms with Crippen LogP contribution in [0.5, 0.6) is 5.75 Å². The summed E-state index contributed by atoms with van der Waals surface area (Å²) in [4.78, 5) is 0. The molecule has 1 N–H and O–H groups in total. The molecular formula is C12H17BrO. The van der Waals surface area contributed by atoms with Gasteiger partial charge in [0, 0.05) is 10.0 Å². The van der Waals surface area contributed by atoms with E-state index in [-0.39, 0.29) is 0 Å². The quantitative estimate of drug-likeness (QED) is 0.780. The molecule has 0 aliphatic carbocycles. The predicted molar refractivity (Wildman–Crippen MR) is 63.7 cm³/mol. The first kappa shape index (κ1) is 11.6. The molecule has 0 heterocycles. The van der Waals surface area contributed by atoms with Gasteiger partial charge in [-0.15, -0.1) is 0 Å². The van der Waals surface area contributed by atoms with Gasteiger partial charge in [-0.2, -0.15) is 0 Å². The molecule has 0 aromatic heterocycles. The van der Waals surface area contributed by atoms with Crippen molar-refractivity contribution >= 4 is 15.9 Å². The van der Waals surface area contributed by atoms with Crippen molar-refractivity contribution in [3.63, 3.8) is 0 Å². The van der Waals surface area contributed by atoms with E-state index in [9.17, 15) is 5.11 Å². The van der Waals surface area contributed by atoms with Gasteiger partial charge in [0.25, 0.3) is 0 Å². The van der Waals surface area contributed by atoms with Crippen molar-refractivity contribution in [2.45, 2.75) is 39.0 Å². The fourth-order valence-corrected chi connectivity index (χ4v) is 2.08. The van der Waals surface area contributed by atoms with Crippen molar-refractivity contribution in [3.05, 3.63) is 28.2 Å². The Balaban J connectivity index is 2.49. The van der Waals surface area contributed by atoms with Crippen LogP contribution < -0.4 is 0 Å². The maximum absolute atomic E-state index is 9.62. The fourth-order valence-electron chi connectivity index (χ4n) is 1.52. The summed E-state index contributed by atoms with van der Waals surface area (Å²) in [6.45, 7) is 2.20. The van der Waals surface area contributed by atoms with Crippen LogP contribution in [0.3, 0.4) is 0 Å². The molecule has 0 atom stereocenters. The van der Waals surface area contributed by atoms with Crippen molar-refractivity contribution in [1.82, 2.24) is 0 Å². The number of benzene rings is 1. The van der Waals surface area contributed by atoms with Gasteiger partial charge in [-0.1, -0.05) is 48.2 Å². The van der Waals surface area contributed by atoms with Gasteiger partial charge in [0.2, 0.25) is 0 Å². The van der Waals surface area contributed by atoms with E-state index < -0.39 is 0 Å². The van der Waals surface area contributed by atoms with E-state index in [1.54, 1.807) is 6.07 Å². The van der Waals surface area contributed by atoms with Crippen LogP contribution in [-0.4, -0.2) is 5.11 Å². The van der Waals surface area contributed by atoms with Crippen molar-refractivity contribution in [3.8, 4) is 5.75 Å². The van der Waals surface area contributed by atoms with Gasteiger partial charge < -0.3 is 5.11 Å². The number of rotatable bonds is 5. The van der Waals surface area contributed by atoms with E-state index in [1.807, 2.05) is 12.1 Å². The molecule has 0 saturated carbocycles. The highest BCUT2D eigenvalue weighted by atomic mass is 79.9. The van der Waals surface area contributed by atoms with Crippen LogP contribution in [0.2, 0.25) is 0 Å². The Labute approximate surface area is 94.3 Å². The lowest BCUT2D eigenvalue weighted by molar-refractivity contribution is 0.465. The number of halogens is 1. The minimum atomic E-state index is 0.413. The highest BCUT2D eigenvalue weighted by Crippen LogP contribution is 2.27. The normalized spacial score (nSPS) is 10.4. The fraction of sp³-hybridized carbons (Fsp3) is 0.500. The van der Waals surface area contributed by atoms with E-state index in [1.165, 1.54) is 19.3 Å². The lowest BCUT2D eigenvalue weighted by atomic mass is 10.1. The molecule has 2 heteroatoms. The van der Waals surface area contributed by atoms with E-state index in [0.29, 0.717) is 5.75 Å². The lowest BCUT2D eigenvalue weighted by Crippen LogP contribution is -1.88. The summed E-state index contributed by atoms with van der Waals surface area (Å²) in [5.74, 6) is 0.413. The average Bonchev–Trinajstić information content (AvgIpc) is 2.16. The molecule has 0 radical (unpaired) electrons. The third kappa shape index (κ3) is 3.33. The topological polar surface area (TPSA) is 20.2 Å². The molecule has 0 bridgehead atoms. The summed E-state index contributed by atoms with van der Waals surface area (Å²) in [5, 5.41) is 9.62. The standard InChI is InChI=1S/C12H17BrO/c1-2-3-4-5-7-10-11(13)8-6-9-12(10)14/h6,8-9,14H,2-5,7H2,1H3. The highest BCUT2D eigenvalue weighted by Gasteiger charge is 2.04. The third-order valence-corrected chi connectivity index (χ3v) is 3.12. The van der Waals surface area contributed by atoms with Crippen molar-refractivity contribution in [2.24, 2.45) is 0 Å². The Bertz CT molecular complexity index is 263. The van der Waals surface area contributed by atoms with Crippen molar-refractivity contribution in [2.75, 3.05) is 0 Å². The van der Waals surface area contributed by atoms with Gasteiger partial charge in [0.15, 0.2) is 0 Å². The monoisotopic (exact) mass is 256 g/mol. The summed E-state index contributed by atoms with van der Waals surface area (Å²) in [6.07, 6.45) is 5.90. The van der Waals surface area contributed by atoms with Crippen LogP contribution in [0.25, 0.3) is 0 Å². The molecule has 0 spiro atoms. The number of phenols is 1. The average molecular weight is 257 g/mol. The van der Waals surface area contributed by atoms with Crippen LogP contribution in [0.4, 0.5) is 0 Å². The maximum Gasteiger partial charge on any atom is 0.119 e. The molecule has 1 aromatic carbocycles. The third-order valence-electron chi connectivity index (χ3n) is 2.37. The Kier molecular flexibility index (Phi) is 5.02. The largest absolute Gasteiger partial charge is 0.508 e. The second-order valence-corrected chi connectivity index (χ2v) is 4.40. The van der Waals surface area contributed by atoms with Gasteiger partial charge >= 0.3 is 0 Å². The molecule has 0 aliphatic rings. The van der Waals surface area contributed by atoms with Crippen LogP contribution in [0, 0.1) is 0 Å². The second kappa shape index (κ2) is 6.07. The molecule has 1 rings (SSSR count). The Hall–Kier alpha value is -0.500. The molecule has 0 saturated heterocycles. The summed E-state index contributed by atoms with van der Waals surface area (Å²) in [5.41, 5.74) is 1.05. The number of hydrogen-bond donors (Lipinski definition) is 1. The zero-order chi connectivity index (χ0) is 10.4. The second-order valence-electron chi connectivity index (χ2n) is 3.55. The predicted octanol–water partition coefficient (Wildman–Crippen LogP) is 4.28. The van der Waals surface area contributed by atoms with E-state index in [2.05, 4.69) is 22.9 Å². The van der Waals surface area contributed by atoms with Gasteiger partial charge in [-0.25, -0.2) is 0 Å². The molecule has 0 fully saturated rings. The Morgan fingerprint density at radius 3 is 2.64 bits per heavy atom. The number of hydrogen-bond acceptors (Lipinski definition) is 1. The van der Waals surface area contributed by atoms with Crippen LogP contribution in [-0.2, 0) is 6.42 Å². The van der Waals surface area contributed by atoms with E-state index >= 15 is 0 Å².